The lowest BCUT2D eigenvalue weighted by molar-refractivity contribution is -0.140. The van der Waals surface area contributed by atoms with E-state index in [4.69, 9.17) is 0 Å². The summed E-state index contributed by atoms with van der Waals surface area (Å²) < 4.78 is 55.2. The number of halogens is 4. The van der Waals surface area contributed by atoms with Gasteiger partial charge in [-0.1, -0.05) is 12.1 Å². The lowest BCUT2D eigenvalue weighted by Gasteiger charge is -2.33. The van der Waals surface area contributed by atoms with Gasteiger partial charge in [-0.3, -0.25) is 9.36 Å². The number of nitrogens with zero attached hydrogens (tertiary/aromatic N) is 4. The Labute approximate surface area is 163 Å². The molecule has 0 bridgehead atoms. The topological polar surface area (TPSA) is 51.0 Å². The molecule has 1 aromatic carbocycles. The van der Waals surface area contributed by atoms with Crippen LogP contribution >= 0.6 is 0 Å². The molecule has 150 valence electrons. The smallest absolute Gasteiger partial charge is 0.330 e. The maximum atomic E-state index is 14.4. The standard InChI is InChI=1S/C20H16F4N4O/c1-12-18-15(28(11-26-18)16-7-2-3-9-25-16)8-10-27(12)19(29)13-5-4-6-14(17(13)21)20(22,23)24/h2-7,9,11-12H,8,10H2,1H3. The average Bonchev–Trinajstić information content (AvgIpc) is 3.13. The first kappa shape index (κ1) is 19.1. The molecule has 29 heavy (non-hydrogen) atoms. The van der Waals surface area contributed by atoms with Crippen molar-refractivity contribution in [3.8, 4) is 5.82 Å². The average molecular weight is 404 g/mol. The Morgan fingerprint density at radius 1 is 1.14 bits per heavy atom. The van der Waals surface area contributed by atoms with Gasteiger partial charge in [0.1, 0.15) is 18.0 Å². The van der Waals surface area contributed by atoms with Crippen LogP contribution in [0.4, 0.5) is 17.6 Å². The zero-order valence-corrected chi connectivity index (χ0v) is 15.3. The molecule has 1 amide bonds. The summed E-state index contributed by atoms with van der Waals surface area (Å²) in [5.41, 5.74) is -0.570. The van der Waals surface area contributed by atoms with Gasteiger partial charge in [-0.25, -0.2) is 14.4 Å². The summed E-state index contributed by atoms with van der Waals surface area (Å²) in [6.45, 7) is 1.94. The van der Waals surface area contributed by atoms with Crippen molar-refractivity contribution in [1.29, 1.82) is 0 Å². The van der Waals surface area contributed by atoms with Gasteiger partial charge in [0.2, 0.25) is 0 Å². The molecule has 1 aliphatic rings. The van der Waals surface area contributed by atoms with Crippen LogP contribution in [0.5, 0.6) is 0 Å². The SMILES string of the molecule is CC1c2ncn(-c3ccccn3)c2CCN1C(=O)c1cccc(C(F)(F)F)c1F. The number of hydrogen-bond acceptors (Lipinski definition) is 3. The van der Waals surface area contributed by atoms with Gasteiger partial charge >= 0.3 is 6.18 Å². The van der Waals surface area contributed by atoms with Gasteiger partial charge in [0.25, 0.3) is 5.91 Å². The number of aromatic nitrogens is 3. The van der Waals surface area contributed by atoms with E-state index in [0.717, 1.165) is 17.8 Å². The van der Waals surface area contributed by atoms with E-state index in [1.807, 2.05) is 16.7 Å². The predicted octanol–water partition coefficient (Wildman–Crippen LogP) is 4.18. The molecule has 1 atom stereocenters. The number of carbonyl (C=O) groups excluding carboxylic acids is 1. The van der Waals surface area contributed by atoms with Crippen LogP contribution in [-0.2, 0) is 12.6 Å². The lowest BCUT2D eigenvalue weighted by Crippen LogP contribution is -2.40. The summed E-state index contributed by atoms with van der Waals surface area (Å²) in [7, 11) is 0. The van der Waals surface area contributed by atoms with Crippen molar-refractivity contribution in [3.63, 3.8) is 0 Å². The monoisotopic (exact) mass is 404 g/mol. The van der Waals surface area contributed by atoms with Crippen molar-refractivity contribution in [2.24, 2.45) is 0 Å². The summed E-state index contributed by atoms with van der Waals surface area (Å²) in [6.07, 6.45) is -1.20. The molecule has 3 heterocycles. The van der Waals surface area contributed by atoms with Crippen LogP contribution in [0.25, 0.3) is 5.82 Å². The van der Waals surface area contributed by atoms with E-state index >= 15 is 0 Å². The molecule has 9 heteroatoms. The van der Waals surface area contributed by atoms with Gasteiger partial charge in [-0.2, -0.15) is 13.2 Å². The molecule has 0 spiro atoms. The van der Waals surface area contributed by atoms with Gasteiger partial charge in [-0.05, 0) is 31.2 Å². The minimum absolute atomic E-state index is 0.223. The first-order chi connectivity index (χ1) is 13.8. The van der Waals surface area contributed by atoms with Gasteiger partial charge in [0.05, 0.1) is 28.6 Å². The Hall–Kier alpha value is -3.23. The van der Waals surface area contributed by atoms with Crippen LogP contribution in [0.1, 0.15) is 40.3 Å². The molecular weight excluding hydrogens is 388 g/mol. The van der Waals surface area contributed by atoms with Crippen molar-refractivity contribution < 1.29 is 22.4 Å². The second-order valence-electron chi connectivity index (χ2n) is 6.72. The molecule has 0 saturated carbocycles. The Balaban J connectivity index is 1.66. The Bertz CT molecular complexity index is 1060. The van der Waals surface area contributed by atoms with Crippen LogP contribution in [0.3, 0.4) is 0 Å². The third-order valence-electron chi connectivity index (χ3n) is 5.04. The van der Waals surface area contributed by atoms with Crippen LogP contribution in [0, 0.1) is 5.82 Å². The van der Waals surface area contributed by atoms with Gasteiger partial charge in [0.15, 0.2) is 0 Å². The molecule has 0 fully saturated rings. The summed E-state index contributed by atoms with van der Waals surface area (Å²) in [4.78, 5) is 22.9. The number of pyridine rings is 1. The molecule has 1 unspecified atom stereocenters. The van der Waals surface area contributed by atoms with E-state index < -0.39 is 35.1 Å². The van der Waals surface area contributed by atoms with Gasteiger partial charge < -0.3 is 4.90 Å². The molecule has 5 nitrogen and oxygen atoms in total. The second kappa shape index (κ2) is 6.98. The van der Waals surface area contributed by atoms with E-state index in [1.54, 1.807) is 25.5 Å². The highest BCUT2D eigenvalue weighted by Crippen LogP contribution is 2.35. The van der Waals surface area contributed by atoms with Crippen LogP contribution in [0.15, 0.2) is 48.9 Å². The van der Waals surface area contributed by atoms with Crippen molar-refractivity contribution in [3.05, 3.63) is 77.3 Å². The molecule has 0 radical (unpaired) electrons. The quantitative estimate of drug-likeness (QED) is 0.602. The third-order valence-corrected chi connectivity index (χ3v) is 5.04. The molecule has 0 aliphatic carbocycles. The fraction of sp³-hybridized carbons (Fsp3) is 0.250. The van der Waals surface area contributed by atoms with Gasteiger partial charge in [0, 0.05) is 19.2 Å². The molecule has 2 aromatic heterocycles. The summed E-state index contributed by atoms with van der Waals surface area (Å²) in [6, 6.07) is 7.66. The van der Waals surface area contributed by atoms with Crippen LogP contribution in [0.2, 0.25) is 0 Å². The maximum absolute atomic E-state index is 14.4. The van der Waals surface area contributed by atoms with Crippen molar-refractivity contribution in [2.75, 3.05) is 6.54 Å². The summed E-state index contributed by atoms with van der Waals surface area (Å²) in [5.74, 6) is -1.67. The number of hydrogen-bond donors (Lipinski definition) is 0. The van der Waals surface area contributed by atoms with Crippen molar-refractivity contribution in [2.45, 2.75) is 25.6 Å². The zero-order valence-electron chi connectivity index (χ0n) is 15.3. The molecular formula is C20H16F4N4O. The fourth-order valence-corrected chi connectivity index (χ4v) is 3.59. The highest BCUT2D eigenvalue weighted by molar-refractivity contribution is 5.95. The molecule has 1 aliphatic heterocycles. The van der Waals surface area contributed by atoms with Crippen LogP contribution in [-0.4, -0.2) is 31.9 Å². The van der Waals surface area contributed by atoms with Crippen molar-refractivity contribution >= 4 is 5.91 Å². The Kier molecular flexibility index (Phi) is 4.60. The summed E-state index contributed by atoms with van der Waals surface area (Å²) in [5, 5.41) is 0. The zero-order chi connectivity index (χ0) is 20.8. The van der Waals surface area contributed by atoms with Crippen molar-refractivity contribution in [1.82, 2.24) is 19.4 Å². The number of alkyl halides is 3. The Morgan fingerprint density at radius 2 is 1.93 bits per heavy atom. The number of imidazole rings is 1. The molecule has 0 saturated heterocycles. The normalized spacial score (nSPS) is 16.6. The van der Waals surface area contributed by atoms with E-state index in [1.165, 1.54) is 4.90 Å². The molecule has 3 aromatic rings. The highest BCUT2D eigenvalue weighted by Gasteiger charge is 2.38. The lowest BCUT2D eigenvalue weighted by atomic mass is 10.0. The minimum atomic E-state index is -4.87. The second-order valence-corrected chi connectivity index (χ2v) is 6.72. The Morgan fingerprint density at radius 3 is 2.62 bits per heavy atom. The first-order valence-corrected chi connectivity index (χ1v) is 8.93. The summed E-state index contributed by atoms with van der Waals surface area (Å²) >= 11 is 0. The third kappa shape index (κ3) is 3.26. The van der Waals surface area contributed by atoms with Crippen LogP contribution < -0.4 is 0 Å². The largest absolute Gasteiger partial charge is 0.419 e. The van der Waals surface area contributed by atoms with E-state index in [2.05, 4.69) is 9.97 Å². The number of amides is 1. The number of fused-ring (bicyclic) bond motifs is 1. The van der Waals surface area contributed by atoms with E-state index in [0.29, 0.717) is 24.0 Å². The van der Waals surface area contributed by atoms with Gasteiger partial charge in [-0.15, -0.1) is 0 Å². The number of carbonyl (C=O) groups is 1. The molecule has 4 rings (SSSR count). The first-order valence-electron chi connectivity index (χ1n) is 8.93. The van der Waals surface area contributed by atoms with E-state index in [9.17, 15) is 22.4 Å². The van der Waals surface area contributed by atoms with E-state index in [-0.39, 0.29) is 6.54 Å². The number of rotatable bonds is 2. The molecule has 0 N–H and O–H groups in total. The minimum Gasteiger partial charge on any atom is -0.330 e. The predicted molar refractivity (Wildman–Crippen MR) is 95.9 cm³/mol. The number of benzene rings is 1. The highest BCUT2D eigenvalue weighted by atomic mass is 19.4. The fourth-order valence-electron chi connectivity index (χ4n) is 3.59. The maximum Gasteiger partial charge on any atom is 0.419 e.